The third-order valence-corrected chi connectivity index (χ3v) is 2.88. The average molecular weight is 296 g/mol. The van der Waals surface area contributed by atoms with Gasteiger partial charge in [-0.2, -0.15) is 0 Å². The number of benzene rings is 2. The molecule has 21 heavy (non-hydrogen) atoms. The summed E-state index contributed by atoms with van der Waals surface area (Å²) in [5, 5.41) is 13.4. The number of nitrogens with zero attached hydrogens (tertiary/aromatic N) is 1. The number of nitro groups is 1. The number of hydrogen-bond acceptors (Lipinski definition) is 3. The Bertz CT molecular complexity index is 645. The van der Waals surface area contributed by atoms with Gasteiger partial charge in [0.15, 0.2) is 0 Å². The van der Waals surface area contributed by atoms with E-state index < -0.39 is 22.6 Å². The second-order valence-corrected chi connectivity index (χ2v) is 4.31. The molecule has 0 fully saturated rings. The Morgan fingerprint density at radius 1 is 1.14 bits per heavy atom. The molecule has 0 bridgehead atoms. The lowest BCUT2D eigenvalue weighted by atomic mass is 10.1. The van der Waals surface area contributed by atoms with Crippen LogP contribution in [0.2, 0.25) is 0 Å². The van der Waals surface area contributed by atoms with Gasteiger partial charge in [-0.1, -0.05) is 12.1 Å². The lowest BCUT2D eigenvalue weighted by Crippen LogP contribution is -2.03. The molecule has 0 saturated carbocycles. The van der Waals surface area contributed by atoms with E-state index in [0.29, 0.717) is 5.56 Å². The zero-order valence-electron chi connectivity index (χ0n) is 10.7. The van der Waals surface area contributed by atoms with Crippen LogP contribution in [0.1, 0.15) is 17.6 Å². The Morgan fingerprint density at radius 3 is 2.38 bits per heavy atom. The van der Waals surface area contributed by atoms with Crippen LogP contribution >= 0.6 is 0 Å². The molecule has 0 atom stereocenters. The highest BCUT2D eigenvalue weighted by molar-refractivity contribution is 5.56. The van der Waals surface area contributed by atoms with Gasteiger partial charge in [-0.05, 0) is 23.8 Å². The molecule has 4 nitrogen and oxygen atoms in total. The quantitative estimate of drug-likeness (QED) is 0.661. The number of anilines is 1. The van der Waals surface area contributed by atoms with Crippen molar-refractivity contribution in [2.24, 2.45) is 0 Å². The van der Waals surface area contributed by atoms with Crippen LogP contribution < -0.4 is 5.32 Å². The molecule has 0 aliphatic heterocycles. The summed E-state index contributed by atoms with van der Waals surface area (Å²) in [6.45, 7) is 0.206. The molecule has 0 unspecified atom stereocenters. The van der Waals surface area contributed by atoms with Gasteiger partial charge < -0.3 is 5.32 Å². The highest BCUT2D eigenvalue weighted by atomic mass is 19.3. The van der Waals surface area contributed by atoms with Crippen LogP contribution in [0.5, 0.6) is 0 Å². The van der Waals surface area contributed by atoms with E-state index in [0.717, 1.165) is 12.1 Å². The fraction of sp³-hybridized carbons (Fsp3) is 0.143. The summed E-state index contributed by atoms with van der Waals surface area (Å²) >= 11 is 0. The van der Waals surface area contributed by atoms with Gasteiger partial charge >= 0.3 is 0 Å². The molecule has 2 rings (SSSR count). The minimum absolute atomic E-state index is 0.111. The van der Waals surface area contributed by atoms with Crippen molar-refractivity contribution < 1.29 is 18.1 Å². The minimum atomic E-state index is -2.83. The number of halogens is 3. The molecule has 0 heterocycles. The first-order valence-electron chi connectivity index (χ1n) is 6.02. The SMILES string of the molecule is O=[N+]([O-])c1ccc(NCc2ccc(F)cc2)c(C(F)F)c1. The molecule has 2 aromatic carbocycles. The zero-order chi connectivity index (χ0) is 15.4. The molecule has 0 radical (unpaired) electrons. The van der Waals surface area contributed by atoms with Gasteiger partial charge in [0, 0.05) is 29.9 Å². The highest BCUT2D eigenvalue weighted by Crippen LogP contribution is 2.30. The minimum Gasteiger partial charge on any atom is -0.381 e. The molecular weight excluding hydrogens is 285 g/mol. The summed E-state index contributed by atoms with van der Waals surface area (Å²) in [5.74, 6) is -0.387. The van der Waals surface area contributed by atoms with Gasteiger partial charge in [0.1, 0.15) is 5.82 Å². The van der Waals surface area contributed by atoms with E-state index in [2.05, 4.69) is 5.32 Å². The van der Waals surface area contributed by atoms with Gasteiger partial charge in [0.25, 0.3) is 12.1 Å². The second-order valence-electron chi connectivity index (χ2n) is 4.31. The predicted octanol–water partition coefficient (Wildman–Crippen LogP) is 4.28. The molecule has 0 amide bonds. The molecule has 0 aromatic heterocycles. The Balaban J connectivity index is 2.19. The number of alkyl halides is 2. The van der Waals surface area contributed by atoms with E-state index in [4.69, 9.17) is 0 Å². The predicted molar refractivity (Wildman–Crippen MR) is 71.8 cm³/mol. The fourth-order valence-electron chi connectivity index (χ4n) is 1.80. The Morgan fingerprint density at radius 2 is 1.81 bits per heavy atom. The molecule has 2 aromatic rings. The number of nitrogens with one attached hydrogen (secondary N) is 1. The van der Waals surface area contributed by atoms with Crippen molar-refractivity contribution in [1.29, 1.82) is 0 Å². The lowest BCUT2D eigenvalue weighted by molar-refractivity contribution is -0.385. The van der Waals surface area contributed by atoms with Crippen molar-refractivity contribution in [2.75, 3.05) is 5.32 Å². The molecule has 0 aliphatic rings. The molecule has 1 N–H and O–H groups in total. The summed E-state index contributed by atoms with van der Waals surface area (Å²) in [6.07, 6.45) is -2.83. The van der Waals surface area contributed by atoms with Gasteiger partial charge in [-0.25, -0.2) is 13.2 Å². The molecule has 0 saturated heterocycles. The van der Waals surface area contributed by atoms with Crippen molar-refractivity contribution in [3.8, 4) is 0 Å². The fourth-order valence-corrected chi connectivity index (χ4v) is 1.80. The van der Waals surface area contributed by atoms with Crippen LogP contribution in [0.15, 0.2) is 42.5 Å². The van der Waals surface area contributed by atoms with E-state index in [1.807, 2.05) is 0 Å². The monoisotopic (exact) mass is 296 g/mol. The van der Waals surface area contributed by atoms with Crippen molar-refractivity contribution in [1.82, 2.24) is 0 Å². The molecule has 110 valence electrons. The Hall–Kier alpha value is -2.57. The first kappa shape index (κ1) is 14.8. The average Bonchev–Trinajstić information content (AvgIpc) is 2.46. The largest absolute Gasteiger partial charge is 0.381 e. The van der Waals surface area contributed by atoms with Crippen molar-refractivity contribution in [3.05, 3.63) is 69.5 Å². The Labute approximate surface area is 118 Å². The standard InChI is InChI=1S/C14H11F3N2O2/c15-10-3-1-9(2-4-10)8-18-13-6-5-11(19(20)21)7-12(13)14(16)17/h1-7,14,18H,8H2. The topological polar surface area (TPSA) is 55.2 Å². The maximum atomic E-state index is 12.9. The summed E-state index contributed by atoms with van der Waals surface area (Å²) in [4.78, 5) is 9.88. The third kappa shape index (κ3) is 3.71. The Kier molecular flexibility index (Phi) is 4.42. The zero-order valence-corrected chi connectivity index (χ0v) is 10.7. The number of non-ortho nitro benzene ring substituents is 1. The van der Waals surface area contributed by atoms with Gasteiger partial charge in [0.05, 0.1) is 4.92 Å². The maximum absolute atomic E-state index is 12.9. The maximum Gasteiger partial charge on any atom is 0.270 e. The summed E-state index contributed by atoms with van der Waals surface area (Å²) < 4.78 is 38.6. The van der Waals surface area contributed by atoms with Crippen molar-refractivity contribution >= 4 is 11.4 Å². The van der Waals surface area contributed by atoms with E-state index >= 15 is 0 Å². The van der Waals surface area contributed by atoms with E-state index in [1.54, 1.807) is 0 Å². The van der Waals surface area contributed by atoms with E-state index in [9.17, 15) is 23.3 Å². The van der Waals surface area contributed by atoms with Crippen LogP contribution in [-0.4, -0.2) is 4.92 Å². The van der Waals surface area contributed by atoms with Crippen molar-refractivity contribution in [3.63, 3.8) is 0 Å². The normalized spacial score (nSPS) is 10.7. The summed E-state index contributed by atoms with van der Waals surface area (Å²) in [7, 11) is 0. The van der Waals surface area contributed by atoms with Crippen LogP contribution in [-0.2, 0) is 6.54 Å². The molecular formula is C14H11F3N2O2. The third-order valence-electron chi connectivity index (χ3n) is 2.88. The van der Waals surface area contributed by atoms with Gasteiger partial charge in [-0.15, -0.1) is 0 Å². The van der Waals surface area contributed by atoms with Crippen molar-refractivity contribution in [2.45, 2.75) is 13.0 Å². The number of hydrogen-bond donors (Lipinski definition) is 1. The first-order valence-corrected chi connectivity index (χ1v) is 6.02. The van der Waals surface area contributed by atoms with Gasteiger partial charge in [-0.3, -0.25) is 10.1 Å². The number of nitro benzene ring substituents is 1. The first-order chi connectivity index (χ1) is 9.97. The lowest BCUT2D eigenvalue weighted by Gasteiger charge is -2.11. The van der Waals surface area contributed by atoms with Gasteiger partial charge in [0.2, 0.25) is 0 Å². The van der Waals surface area contributed by atoms with E-state index in [-0.39, 0.29) is 18.0 Å². The van der Waals surface area contributed by atoms with Crippen LogP contribution in [0.25, 0.3) is 0 Å². The molecule has 0 aliphatic carbocycles. The number of rotatable bonds is 5. The van der Waals surface area contributed by atoms with Crippen LogP contribution in [0, 0.1) is 15.9 Å². The van der Waals surface area contributed by atoms with Crippen LogP contribution in [0.3, 0.4) is 0 Å². The molecule has 0 spiro atoms. The smallest absolute Gasteiger partial charge is 0.270 e. The second kappa shape index (κ2) is 6.25. The summed E-state index contributed by atoms with van der Waals surface area (Å²) in [5.41, 5.74) is -0.0150. The highest BCUT2D eigenvalue weighted by Gasteiger charge is 2.17. The summed E-state index contributed by atoms with van der Waals surface area (Å²) in [6, 6.07) is 8.81. The van der Waals surface area contributed by atoms with E-state index in [1.165, 1.54) is 30.3 Å². The van der Waals surface area contributed by atoms with Crippen LogP contribution in [0.4, 0.5) is 24.5 Å². The molecule has 7 heteroatoms.